The van der Waals surface area contributed by atoms with Crippen molar-refractivity contribution in [1.29, 1.82) is 0 Å². The molecule has 10 rings (SSSR count). The molecular formula is C36H52O8. The Kier molecular flexibility index (Phi) is 6.88. The van der Waals surface area contributed by atoms with E-state index in [4.69, 9.17) is 37.9 Å². The molecule has 0 aromatic rings. The van der Waals surface area contributed by atoms with Crippen molar-refractivity contribution in [2.24, 2.45) is 46.3 Å². The molecular weight excluding hydrogens is 560 g/mol. The zero-order valence-corrected chi connectivity index (χ0v) is 26.8. The standard InChI is InChI=1S/2C18H26O4/c2*1-13-10-14-12-17(19-6-7-20-17)15-4-2-3-5-16(14,15)18(11-13)21-8-9-22-18/h2*2-3,13-15H,4-12H2,1H3/t2*13-,14+,15-,16+/m10/s1. The van der Waals surface area contributed by atoms with Gasteiger partial charge in [0.1, 0.15) is 0 Å². The summed E-state index contributed by atoms with van der Waals surface area (Å²) in [5.74, 6) is 1.54. The summed E-state index contributed by atoms with van der Waals surface area (Å²) in [7, 11) is 0. The number of allylic oxidation sites excluding steroid dienone is 4. The van der Waals surface area contributed by atoms with Crippen molar-refractivity contribution in [2.75, 3.05) is 52.9 Å². The van der Waals surface area contributed by atoms with Crippen LogP contribution in [0.5, 0.6) is 0 Å². The molecule has 244 valence electrons. The first-order chi connectivity index (χ1) is 21.4. The normalized spacial score (nSPS) is 48.0. The first-order valence-corrected chi connectivity index (χ1v) is 17.8. The van der Waals surface area contributed by atoms with Gasteiger partial charge in [-0.2, -0.15) is 0 Å². The van der Waals surface area contributed by atoms with Crippen LogP contribution in [-0.2, 0) is 37.9 Å². The maximum Gasteiger partial charge on any atom is 0.175 e. The van der Waals surface area contributed by atoms with E-state index in [1.807, 2.05) is 0 Å². The highest BCUT2D eigenvalue weighted by molar-refractivity contribution is 5.23. The number of fused-ring (bicyclic) bond motifs is 2. The van der Waals surface area contributed by atoms with Gasteiger partial charge in [-0.15, -0.1) is 0 Å². The number of hydrogen-bond acceptors (Lipinski definition) is 8. The third-order valence-corrected chi connectivity index (χ3v) is 13.9. The van der Waals surface area contributed by atoms with Gasteiger partial charge in [0.25, 0.3) is 0 Å². The summed E-state index contributed by atoms with van der Waals surface area (Å²) >= 11 is 0. The van der Waals surface area contributed by atoms with Crippen LogP contribution in [0.4, 0.5) is 0 Å². The third-order valence-electron chi connectivity index (χ3n) is 13.9. The molecule has 0 aromatic heterocycles. The average molecular weight is 613 g/mol. The first kappa shape index (κ1) is 29.3. The van der Waals surface area contributed by atoms with Gasteiger partial charge in [0, 0.05) is 48.3 Å². The molecule has 6 spiro atoms. The minimum atomic E-state index is -0.413. The van der Waals surface area contributed by atoms with Crippen molar-refractivity contribution in [3.63, 3.8) is 0 Å². The molecule has 4 aliphatic heterocycles. The Morgan fingerprint density at radius 3 is 1.20 bits per heavy atom. The lowest BCUT2D eigenvalue weighted by molar-refractivity contribution is -0.302. The SMILES string of the molecule is C[C@@H]1C[C@H]2CC3(OCCO3)[C@@H]3CC=CC[C@]23C2(C1)OCCO2.C[C@H]1C[C@@H]2CC3(OCCO3)[C@H]3CC=CC[C@@]23C2(C1)OCCO2. The van der Waals surface area contributed by atoms with Gasteiger partial charge in [0.2, 0.25) is 0 Å². The van der Waals surface area contributed by atoms with Crippen LogP contribution in [0.15, 0.2) is 24.3 Å². The molecule has 8 fully saturated rings. The van der Waals surface area contributed by atoms with E-state index >= 15 is 0 Å². The quantitative estimate of drug-likeness (QED) is 0.320. The van der Waals surface area contributed by atoms with E-state index in [-0.39, 0.29) is 22.4 Å². The summed E-state index contributed by atoms with van der Waals surface area (Å²) in [6, 6.07) is 0. The molecule has 0 aromatic carbocycles. The van der Waals surface area contributed by atoms with Crippen molar-refractivity contribution in [2.45, 2.75) is 101 Å². The van der Waals surface area contributed by atoms with Gasteiger partial charge in [-0.3, -0.25) is 0 Å². The van der Waals surface area contributed by atoms with Crippen molar-refractivity contribution in [3.8, 4) is 0 Å². The Hall–Kier alpha value is -0.840. The van der Waals surface area contributed by atoms with Crippen LogP contribution in [-0.4, -0.2) is 76.0 Å². The molecule has 0 bridgehead atoms. The highest BCUT2D eigenvalue weighted by Crippen LogP contribution is 2.72. The molecule has 0 amide bonds. The monoisotopic (exact) mass is 612 g/mol. The summed E-state index contributed by atoms with van der Waals surface area (Å²) in [5, 5.41) is 0. The molecule has 0 N–H and O–H groups in total. The molecule has 44 heavy (non-hydrogen) atoms. The van der Waals surface area contributed by atoms with E-state index in [2.05, 4.69) is 38.2 Å². The van der Waals surface area contributed by atoms with E-state index in [1.54, 1.807) is 0 Å². The van der Waals surface area contributed by atoms with Crippen LogP contribution >= 0.6 is 0 Å². The van der Waals surface area contributed by atoms with Crippen LogP contribution in [0.2, 0.25) is 0 Å². The fourth-order valence-corrected chi connectivity index (χ4v) is 12.9. The van der Waals surface area contributed by atoms with Crippen molar-refractivity contribution in [1.82, 2.24) is 0 Å². The Bertz CT molecular complexity index is 1070. The lowest BCUT2D eigenvalue weighted by atomic mass is 9.54. The summed E-state index contributed by atoms with van der Waals surface area (Å²) in [6.07, 6.45) is 20.0. The van der Waals surface area contributed by atoms with Crippen LogP contribution in [0, 0.1) is 46.3 Å². The Balaban J connectivity index is 0.000000123. The van der Waals surface area contributed by atoms with Gasteiger partial charge in [0.05, 0.1) is 52.9 Å². The van der Waals surface area contributed by atoms with Gasteiger partial charge in [-0.25, -0.2) is 0 Å². The van der Waals surface area contributed by atoms with E-state index < -0.39 is 11.6 Å². The predicted octanol–water partition coefficient (Wildman–Crippen LogP) is 5.75. The summed E-state index contributed by atoms with van der Waals surface area (Å²) in [4.78, 5) is 0. The van der Waals surface area contributed by atoms with Gasteiger partial charge >= 0.3 is 0 Å². The third kappa shape index (κ3) is 3.74. The molecule has 6 aliphatic carbocycles. The highest BCUT2D eigenvalue weighted by atomic mass is 16.8. The molecule has 4 heterocycles. The van der Waals surface area contributed by atoms with E-state index in [1.165, 1.54) is 12.8 Å². The molecule has 8 nitrogen and oxygen atoms in total. The summed E-state index contributed by atoms with van der Waals surface area (Å²) in [5.41, 5.74) is 0.0736. The molecule has 0 radical (unpaired) electrons. The first-order valence-electron chi connectivity index (χ1n) is 17.8. The lowest BCUT2D eigenvalue weighted by Crippen LogP contribution is -2.60. The van der Waals surface area contributed by atoms with Gasteiger partial charge in [-0.05, 0) is 62.2 Å². The summed E-state index contributed by atoms with van der Waals surface area (Å²) in [6.45, 7) is 10.5. The Morgan fingerprint density at radius 2 is 0.818 bits per heavy atom. The van der Waals surface area contributed by atoms with E-state index in [0.717, 1.165) is 104 Å². The largest absolute Gasteiger partial charge is 0.347 e. The zero-order valence-electron chi connectivity index (χ0n) is 26.8. The van der Waals surface area contributed by atoms with Crippen LogP contribution in [0.1, 0.15) is 78.1 Å². The van der Waals surface area contributed by atoms with E-state index in [9.17, 15) is 0 Å². The maximum atomic E-state index is 6.36. The summed E-state index contributed by atoms with van der Waals surface area (Å²) < 4.78 is 50.4. The molecule has 4 saturated heterocycles. The molecule has 0 unspecified atom stereocenters. The number of rotatable bonds is 0. The van der Waals surface area contributed by atoms with Gasteiger partial charge < -0.3 is 37.9 Å². The molecule has 8 atom stereocenters. The fraction of sp³-hybridized carbons (Fsp3) is 0.889. The number of ether oxygens (including phenoxy) is 8. The zero-order chi connectivity index (χ0) is 29.7. The maximum absolute atomic E-state index is 6.36. The van der Waals surface area contributed by atoms with Crippen LogP contribution in [0.3, 0.4) is 0 Å². The Labute approximate surface area is 262 Å². The fourth-order valence-electron chi connectivity index (χ4n) is 12.9. The molecule has 10 aliphatic rings. The second-order valence-corrected chi connectivity index (χ2v) is 15.8. The van der Waals surface area contributed by atoms with Crippen molar-refractivity contribution < 1.29 is 37.9 Å². The lowest BCUT2D eigenvalue weighted by Gasteiger charge is -2.56. The predicted molar refractivity (Wildman–Crippen MR) is 160 cm³/mol. The Morgan fingerprint density at radius 1 is 0.455 bits per heavy atom. The second kappa shape index (κ2) is 10.3. The smallest absolute Gasteiger partial charge is 0.175 e. The number of hydrogen-bond donors (Lipinski definition) is 0. The second-order valence-electron chi connectivity index (χ2n) is 15.8. The van der Waals surface area contributed by atoms with E-state index in [0.29, 0.717) is 35.5 Å². The van der Waals surface area contributed by atoms with Crippen molar-refractivity contribution in [3.05, 3.63) is 24.3 Å². The minimum absolute atomic E-state index is 0.0368. The van der Waals surface area contributed by atoms with Gasteiger partial charge in [0.15, 0.2) is 23.1 Å². The van der Waals surface area contributed by atoms with Crippen molar-refractivity contribution >= 4 is 0 Å². The topological polar surface area (TPSA) is 73.8 Å². The van der Waals surface area contributed by atoms with Crippen LogP contribution in [0.25, 0.3) is 0 Å². The molecule has 8 heteroatoms. The minimum Gasteiger partial charge on any atom is -0.347 e. The molecule has 4 saturated carbocycles. The van der Waals surface area contributed by atoms with Gasteiger partial charge in [-0.1, -0.05) is 38.2 Å². The highest BCUT2D eigenvalue weighted by Gasteiger charge is 2.76. The average Bonchev–Trinajstić information content (AvgIpc) is 3.87. The van der Waals surface area contributed by atoms with Crippen LogP contribution < -0.4 is 0 Å².